The molecule has 0 spiro atoms. The third-order valence-electron chi connectivity index (χ3n) is 2.11. The molecule has 0 unspecified atom stereocenters. The number of hydrogen-bond donors (Lipinski definition) is 3. The first kappa shape index (κ1) is 20.9. The second-order valence-corrected chi connectivity index (χ2v) is 6.68. The van der Waals surface area contributed by atoms with Crippen LogP contribution in [0.4, 0.5) is 11.6 Å². The maximum atomic E-state index is 11.0. The molecular weight excluding hydrogens is 365 g/mol. The van der Waals surface area contributed by atoms with E-state index in [9.17, 15) is 21.5 Å². The van der Waals surface area contributed by atoms with Gasteiger partial charge in [0.2, 0.25) is 0 Å². The Kier molecular flexibility index (Phi) is 8.48. The molecule has 0 saturated heterocycles. The van der Waals surface area contributed by atoms with Gasteiger partial charge in [-0.2, -0.15) is 0 Å². The first-order valence-corrected chi connectivity index (χ1v) is 8.18. The van der Waals surface area contributed by atoms with Gasteiger partial charge in [0, 0.05) is 0 Å². The fraction of sp³-hybridized carbons (Fsp3) is 0. The van der Waals surface area contributed by atoms with E-state index >= 15 is 0 Å². The Morgan fingerprint density at radius 3 is 2.10 bits per heavy atom. The first-order chi connectivity index (χ1) is 8.84. The summed E-state index contributed by atoms with van der Waals surface area (Å²) in [6.45, 7) is 0. The van der Waals surface area contributed by atoms with Crippen LogP contribution in [0.25, 0.3) is 0 Å². The number of aromatic nitrogens is 3. The van der Waals surface area contributed by atoms with Crippen molar-refractivity contribution in [2.45, 2.75) is 0 Å². The quantitative estimate of drug-likeness (QED) is 0.452. The molecule has 1 aromatic heterocycles. The van der Waals surface area contributed by atoms with Gasteiger partial charge in [0.15, 0.2) is 0 Å². The molecule has 0 bridgehead atoms. The van der Waals surface area contributed by atoms with Crippen LogP contribution in [0.15, 0.2) is 33.9 Å². The monoisotopic (exact) mass is 372 g/mol. The average molecular weight is 372 g/mol. The van der Waals surface area contributed by atoms with Crippen molar-refractivity contribution in [3.05, 3.63) is 45.2 Å². The number of hydrogen-bond acceptors (Lipinski definition) is 7. The summed E-state index contributed by atoms with van der Waals surface area (Å²) >= 11 is -5.41. The molecule has 1 heterocycles. The van der Waals surface area contributed by atoms with Crippen molar-refractivity contribution < 1.29 is 71.0 Å². The molecular formula is C9H7AsN4Na2O5. The van der Waals surface area contributed by atoms with Crippen molar-refractivity contribution in [1.29, 1.82) is 0 Å². The number of aromatic amines is 2. The van der Waals surface area contributed by atoms with E-state index in [0.29, 0.717) is 5.69 Å². The van der Waals surface area contributed by atoms with Crippen LogP contribution in [0.2, 0.25) is 0 Å². The van der Waals surface area contributed by atoms with Crippen LogP contribution in [0.3, 0.4) is 0 Å². The summed E-state index contributed by atoms with van der Waals surface area (Å²) in [6.07, 6.45) is 0. The van der Waals surface area contributed by atoms with E-state index in [-0.39, 0.29) is 69.4 Å². The van der Waals surface area contributed by atoms with Crippen LogP contribution in [0, 0.1) is 0 Å². The Morgan fingerprint density at radius 1 is 1.05 bits per heavy atom. The summed E-state index contributed by atoms with van der Waals surface area (Å²) in [5.74, 6) is -0.0979. The maximum Gasteiger partial charge on any atom is 1.00 e. The van der Waals surface area contributed by atoms with Gasteiger partial charge >= 0.3 is 167 Å². The second-order valence-electron chi connectivity index (χ2n) is 3.51. The summed E-state index contributed by atoms with van der Waals surface area (Å²) in [5.41, 5.74) is -1.19. The molecule has 100 valence electrons. The van der Waals surface area contributed by atoms with Crippen molar-refractivity contribution in [1.82, 2.24) is 15.0 Å². The Bertz CT molecular complexity index is 725. The molecule has 1 aromatic carbocycles. The Hall–Kier alpha value is -0.0916. The van der Waals surface area contributed by atoms with Crippen molar-refractivity contribution in [2.75, 3.05) is 5.32 Å². The fourth-order valence-electron chi connectivity index (χ4n) is 1.32. The molecule has 0 amide bonds. The standard InChI is InChI=1S/C9H9AsN4O5.2Na/c15-8-12-7(13-9(16)14-8)11-6-3-1-5(2-4-6)10(17,18)19;;/h1-4H,(H2,17,18,19)(H3,11,12,13,14,15,16);;/q;2*+1/p-2. The summed E-state index contributed by atoms with van der Waals surface area (Å²) in [6, 6.07) is 4.90. The van der Waals surface area contributed by atoms with Crippen LogP contribution >= 0.6 is 0 Å². The van der Waals surface area contributed by atoms with Crippen LogP contribution in [-0.4, -0.2) is 29.1 Å². The van der Waals surface area contributed by atoms with E-state index in [2.05, 4.69) is 15.3 Å². The number of benzene rings is 1. The first-order valence-electron chi connectivity index (χ1n) is 4.95. The van der Waals surface area contributed by atoms with Crippen molar-refractivity contribution in [2.24, 2.45) is 0 Å². The van der Waals surface area contributed by atoms with Crippen LogP contribution in [-0.2, 0) is 3.74 Å². The zero-order chi connectivity index (χ0) is 14.0. The predicted octanol–water partition coefficient (Wildman–Crippen LogP) is -9.49. The number of nitrogens with zero attached hydrogens (tertiary/aromatic N) is 1. The normalized spacial score (nSPS) is 10.2. The Balaban J connectivity index is 0.00000200. The third kappa shape index (κ3) is 6.27. The summed E-state index contributed by atoms with van der Waals surface area (Å²) in [5, 5.41) is 2.59. The van der Waals surface area contributed by atoms with E-state index in [1.807, 2.05) is 4.98 Å². The van der Waals surface area contributed by atoms with Crippen LogP contribution < -0.4 is 88.4 Å². The summed E-state index contributed by atoms with van der Waals surface area (Å²) in [7, 11) is 0. The minimum atomic E-state index is -5.41. The van der Waals surface area contributed by atoms with Crippen molar-refractivity contribution in [3.8, 4) is 0 Å². The van der Waals surface area contributed by atoms with E-state index < -0.39 is 25.6 Å². The average Bonchev–Trinajstić information content (AvgIpc) is 2.26. The molecule has 0 aliphatic heterocycles. The smallest absolute Gasteiger partial charge is 1.00 e. The molecule has 0 aliphatic carbocycles. The van der Waals surface area contributed by atoms with E-state index in [1.54, 1.807) is 0 Å². The molecule has 0 fully saturated rings. The molecule has 3 N–H and O–H groups in total. The molecule has 2 rings (SSSR count). The third-order valence-corrected chi connectivity index (χ3v) is 4.06. The minimum absolute atomic E-state index is 0. The van der Waals surface area contributed by atoms with E-state index in [1.165, 1.54) is 12.1 Å². The number of H-pyrrole nitrogens is 2. The van der Waals surface area contributed by atoms with Gasteiger partial charge in [-0.1, -0.05) is 0 Å². The molecule has 0 saturated carbocycles. The second kappa shape index (κ2) is 8.52. The number of nitrogens with one attached hydrogen (secondary N) is 3. The van der Waals surface area contributed by atoms with Gasteiger partial charge < -0.3 is 0 Å². The van der Waals surface area contributed by atoms with Crippen molar-refractivity contribution in [3.63, 3.8) is 0 Å². The van der Waals surface area contributed by atoms with Gasteiger partial charge in [0.25, 0.3) is 0 Å². The fourth-order valence-corrected chi connectivity index (χ4v) is 2.40. The zero-order valence-corrected chi connectivity index (χ0v) is 17.1. The molecule has 12 heteroatoms. The molecule has 2 aromatic rings. The van der Waals surface area contributed by atoms with Crippen LogP contribution in [0.5, 0.6) is 0 Å². The molecule has 0 aliphatic rings. The van der Waals surface area contributed by atoms with E-state index in [0.717, 1.165) is 12.1 Å². The number of anilines is 2. The predicted molar refractivity (Wildman–Crippen MR) is 61.3 cm³/mol. The van der Waals surface area contributed by atoms with Gasteiger partial charge in [-0.25, -0.2) is 0 Å². The minimum Gasteiger partial charge on any atom is 1.00 e. The van der Waals surface area contributed by atoms with E-state index in [4.69, 9.17) is 0 Å². The zero-order valence-electron chi connectivity index (χ0n) is 11.2. The molecule has 0 atom stereocenters. The Morgan fingerprint density at radius 2 is 1.62 bits per heavy atom. The van der Waals surface area contributed by atoms with Gasteiger partial charge in [-0.05, 0) is 0 Å². The molecule has 0 radical (unpaired) electrons. The molecule has 21 heavy (non-hydrogen) atoms. The summed E-state index contributed by atoms with van der Waals surface area (Å²) in [4.78, 5) is 29.5. The topological polar surface area (TPSA) is 154 Å². The van der Waals surface area contributed by atoms with Gasteiger partial charge in [0.1, 0.15) is 0 Å². The maximum absolute atomic E-state index is 11.0. The van der Waals surface area contributed by atoms with Gasteiger partial charge in [-0.3, -0.25) is 0 Å². The largest absolute Gasteiger partial charge is 1.00 e. The van der Waals surface area contributed by atoms with Gasteiger partial charge in [-0.15, -0.1) is 0 Å². The van der Waals surface area contributed by atoms with Gasteiger partial charge in [0.05, 0.1) is 0 Å². The number of rotatable bonds is 3. The Labute approximate surface area is 165 Å². The van der Waals surface area contributed by atoms with Crippen molar-refractivity contribution >= 4 is 30.2 Å². The molecule has 9 nitrogen and oxygen atoms in total. The summed E-state index contributed by atoms with van der Waals surface area (Å²) < 4.78 is 32.1. The SMILES string of the molecule is O=c1nc(Nc2ccc([As](=O)([O-])[O-])cc2)[nH]c(=O)[nH]1.[Na+].[Na+]. The van der Waals surface area contributed by atoms with Crippen LogP contribution in [0.1, 0.15) is 0 Å².